The van der Waals surface area contributed by atoms with Gasteiger partial charge >= 0.3 is 0 Å². The Bertz CT molecular complexity index is 241. The lowest BCUT2D eigenvalue weighted by atomic mass is 9.87. The summed E-state index contributed by atoms with van der Waals surface area (Å²) in [5, 5.41) is 6.80. The number of nitrogens with one attached hydrogen (secondary N) is 1. The van der Waals surface area contributed by atoms with E-state index in [-0.39, 0.29) is 0 Å². The molecule has 1 fully saturated rings. The molecule has 0 aliphatic carbocycles. The van der Waals surface area contributed by atoms with Crippen LogP contribution in [0, 0.1) is 5.92 Å². The van der Waals surface area contributed by atoms with Crippen molar-refractivity contribution < 1.29 is 4.74 Å². The monoisotopic (exact) mass is 181 g/mol. The molecule has 4 heteroatoms. The lowest BCUT2D eigenvalue weighted by molar-refractivity contribution is 0.0588. The summed E-state index contributed by atoms with van der Waals surface area (Å²) < 4.78 is 5.32. The van der Waals surface area contributed by atoms with Gasteiger partial charge in [0.25, 0.3) is 0 Å². The van der Waals surface area contributed by atoms with Crippen LogP contribution in [0.2, 0.25) is 0 Å². The van der Waals surface area contributed by atoms with Crippen molar-refractivity contribution in [2.24, 2.45) is 5.92 Å². The largest absolute Gasteiger partial charge is 0.381 e. The highest BCUT2D eigenvalue weighted by Crippen LogP contribution is 2.29. The van der Waals surface area contributed by atoms with E-state index in [0.717, 1.165) is 31.9 Å². The molecule has 1 aromatic rings. The molecule has 0 amide bonds. The molecular formula is C9H15N3O. The molecule has 1 aliphatic rings. The van der Waals surface area contributed by atoms with Crippen LogP contribution in [0.5, 0.6) is 0 Å². The molecule has 0 aromatic carbocycles. The minimum absolute atomic E-state index is 0.478. The summed E-state index contributed by atoms with van der Waals surface area (Å²) in [7, 11) is 0. The van der Waals surface area contributed by atoms with Crippen LogP contribution >= 0.6 is 0 Å². The van der Waals surface area contributed by atoms with Crippen LogP contribution in [0.1, 0.15) is 31.5 Å². The number of aromatic amines is 1. The van der Waals surface area contributed by atoms with Crippen molar-refractivity contribution >= 4 is 0 Å². The van der Waals surface area contributed by atoms with Gasteiger partial charge in [-0.25, -0.2) is 4.98 Å². The summed E-state index contributed by atoms with van der Waals surface area (Å²) in [5.41, 5.74) is 0. The number of rotatable bonds is 2. The third-order valence-corrected chi connectivity index (χ3v) is 2.84. The van der Waals surface area contributed by atoms with Gasteiger partial charge in [-0.3, -0.25) is 5.10 Å². The van der Waals surface area contributed by atoms with E-state index < -0.39 is 0 Å². The molecule has 4 nitrogen and oxygen atoms in total. The molecule has 1 N–H and O–H groups in total. The average Bonchev–Trinajstić information content (AvgIpc) is 2.71. The number of H-pyrrole nitrogens is 1. The fraction of sp³-hybridized carbons (Fsp3) is 0.778. The predicted octanol–water partition coefficient (Wildman–Crippen LogP) is 1.33. The van der Waals surface area contributed by atoms with Crippen LogP contribution in [0.15, 0.2) is 6.33 Å². The molecule has 1 aromatic heterocycles. The Morgan fingerprint density at radius 3 is 2.92 bits per heavy atom. The minimum atomic E-state index is 0.478. The highest BCUT2D eigenvalue weighted by atomic mass is 16.5. The van der Waals surface area contributed by atoms with E-state index in [1.54, 1.807) is 6.33 Å². The van der Waals surface area contributed by atoms with E-state index in [2.05, 4.69) is 22.1 Å². The van der Waals surface area contributed by atoms with E-state index in [4.69, 9.17) is 4.74 Å². The Morgan fingerprint density at radius 2 is 2.31 bits per heavy atom. The van der Waals surface area contributed by atoms with Crippen LogP contribution in [0.3, 0.4) is 0 Å². The Hall–Kier alpha value is -0.900. The summed E-state index contributed by atoms with van der Waals surface area (Å²) in [5.74, 6) is 2.18. The lowest BCUT2D eigenvalue weighted by Gasteiger charge is -2.26. The van der Waals surface area contributed by atoms with E-state index >= 15 is 0 Å². The SMILES string of the molecule is CC(c1ncn[nH]1)C1CCOCC1. The smallest absolute Gasteiger partial charge is 0.137 e. The maximum Gasteiger partial charge on any atom is 0.137 e. The van der Waals surface area contributed by atoms with Gasteiger partial charge in [0.2, 0.25) is 0 Å². The quantitative estimate of drug-likeness (QED) is 0.749. The highest BCUT2D eigenvalue weighted by Gasteiger charge is 2.23. The molecule has 1 aliphatic heterocycles. The van der Waals surface area contributed by atoms with Gasteiger partial charge in [-0.1, -0.05) is 6.92 Å². The maximum absolute atomic E-state index is 5.32. The summed E-state index contributed by atoms with van der Waals surface area (Å²) in [6.07, 6.45) is 3.86. The molecule has 2 rings (SSSR count). The third-order valence-electron chi connectivity index (χ3n) is 2.84. The normalized spacial score (nSPS) is 21.6. The first-order valence-corrected chi connectivity index (χ1v) is 4.81. The van der Waals surface area contributed by atoms with E-state index in [1.807, 2.05) is 0 Å². The molecule has 1 unspecified atom stereocenters. The van der Waals surface area contributed by atoms with E-state index in [1.165, 1.54) is 0 Å². The lowest BCUT2D eigenvalue weighted by Crippen LogP contribution is -2.21. The molecule has 2 heterocycles. The highest BCUT2D eigenvalue weighted by molar-refractivity contribution is 4.94. The number of hydrogen-bond donors (Lipinski definition) is 1. The summed E-state index contributed by atoms with van der Waals surface area (Å²) in [6.45, 7) is 3.99. The maximum atomic E-state index is 5.32. The minimum Gasteiger partial charge on any atom is -0.381 e. The van der Waals surface area contributed by atoms with Crippen molar-refractivity contribution in [2.75, 3.05) is 13.2 Å². The molecule has 1 saturated heterocycles. The average molecular weight is 181 g/mol. The fourth-order valence-electron chi connectivity index (χ4n) is 1.87. The van der Waals surface area contributed by atoms with E-state index in [0.29, 0.717) is 11.8 Å². The number of ether oxygens (including phenoxy) is 1. The van der Waals surface area contributed by atoms with Gasteiger partial charge in [-0.05, 0) is 18.8 Å². The van der Waals surface area contributed by atoms with Gasteiger partial charge < -0.3 is 4.74 Å². The van der Waals surface area contributed by atoms with Gasteiger partial charge in [0.1, 0.15) is 12.2 Å². The standard InChI is InChI=1S/C9H15N3O/c1-7(9-10-6-11-12-9)8-2-4-13-5-3-8/h6-8H,2-5H2,1H3,(H,10,11,12). The van der Waals surface area contributed by atoms with Gasteiger partial charge in [0.15, 0.2) is 0 Å². The molecule has 72 valence electrons. The Kier molecular flexibility index (Phi) is 2.59. The topological polar surface area (TPSA) is 50.8 Å². The van der Waals surface area contributed by atoms with Crippen molar-refractivity contribution in [1.29, 1.82) is 0 Å². The van der Waals surface area contributed by atoms with Crippen LogP contribution in [-0.2, 0) is 4.74 Å². The second kappa shape index (κ2) is 3.87. The van der Waals surface area contributed by atoms with Crippen molar-refractivity contribution in [3.63, 3.8) is 0 Å². The van der Waals surface area contributed by atoms with Gasteiger partial charge in [-0.2, -0.15) is 5.10 Å². The second-order valence-corrected chi connectivity index (χ2v) is 3.61. The zero-order valence-corrected chi connectivity index (χ0v) is 7.86. The van der Waals surface area contributed by atoms with Gasteiger partial charge in [-0.15, -0.1) is 0 Å². The first kappa shape index (κ1) is 8.69. The second-order valence-electron chi connectivity index (χ2n) is 3.61. The molecular weight excluding hydrogens is 166 g/mol. The zero-order valence-electron chi connectivity index (χ0n) is 7.86. The van der Waals surface area contributed by atoms with Crippen molar-refractivity contribution in [1.82, 2.24) is 15.2 Å². The molecule has 0 saturated carbocycles. The van der Waals surface area contributed by atoms with E-state index in [9.17, 15) is 0 Å². The molecule has 1 atom stereocenters. The number of aromatic nitrogens is 3. The molecule has 0 bridgehead atoms. The number of hydrogen-bond acceptors (Lipinski definition) is 3. The summed E-state index contributed by atoms with van der Waals surface area (Å²) >= 11 is 0. The fourth-order valence-corrected chi connectivity index (χ4v) is 1.87. The Balaban J connectivity index is 1.99. The van der Waals surface area contributed by atoms with Gasteiger partial charge in [0, 0.05) is 19.1 Å². The predicted molar refractivity (Wildman–Crippen MR) is 48.3 cm³/mol. The van der Waals surface area contributed by atoms with Crippen molar-refractivity contribution in [3.05, 3.63) is 12.2 Å². The van der Waals surface area contributed by atoms with Crippen molar-refractivity contribution in [2.45, 2.75) is 25.7 Å². The van der Waals surface area contributed by atoms with Crippen LogP contribution < -0.4 is 0 Å². The first-order valence-electron chi connectivity index (χ1n) is 4.81. The molecule has 0 spiro atoms. The summed E-state index contributed by atoms with van der Waals surface area (Å²) in [4.78, 5) is 4.18. The van der Waals surface area contributed by atoms with Crippen LogP contribution in [0.25, 0.3) is 0 Å². The summed E-state index contributed by atoms with van der Waals surface area (Å²) in [6, 6.07) is 0. The molecule has 0 radical (unpaired) electrons. The first-order chi connectivity index (χ1) is 6.38. The van der Waals surface area contributed by atoms with Crippen LogP contribution in [0.4, 0.5) is 0 Å². The number of nitrogens with zero attached hydrogens (tertiary/aromatic N) is 2. The third kappa shape index (κ3) is 1.88. The molecule has 13 heavy (non-hydrogen) atoms. The van der Waals surface area contributed by atoms with Crippen molar-refractivity contribution in [3.8, 4) is 0 Å². The van der Waals surface area contributed by atoms with Crippen LogP contribution in [-0.4, -0.2) is 28.4 Å². The Morgan fingerprint density at radius 1 is 1.54 bits per heavy atom. The Labute approximate surface area is 77.7 Å². The van der Waals surface area contributed by atoms with Gasteiger partial charge in [0.05, 0.1) is 0 Å². The zero-order chi connectivity index (χ0) is 9.10.